The Morgan fingerprint density at radius 3 is 2.53 bits per heavy atom. The van der Waals surface area contributed by atoms with Crippen molar-refractivity contribution in [3.63, 3.8) is 0 Å². The number of sulfone groups is 1. The number of aliphatic hydroxyl groups is 1. The lowest BCUT2D eigenvalue weighted by Crippen LogP contribution is -2.37. The lowest BCUT2D eigenvalue weighted by Gasteiger charge is -2.22. The van der Waals surface area contributed by atoms with Crippen LogP contribution >= 0.6 is 0 Å². The van der Waals surface area contributed by atoms with E-state index in [1.165, 1.54) is 0 Å². The minimum Gasteiger partial charge on any atom is -0.395 e. The third-order valence-corrected chi connectivity index (χ3v) is 5.04. The summed E-state index contributed by atoms with van der Waals surface area (Å²) in [5, 5.41) is 8.30. The van der Waals surface area contributed by atoms with E-state index in [4.69, 9.17) is 5.73 Å². The molecule has 1 aromatic rings. The van der Waals surface area contributed by atoms with Gasteiger partial charge in [0, 0.05) is 11.8 Å². The molecule has 5 heteroatoms. The van der Waals surface area contributed by atoms with Crippen LogP contribution in [0.25, 0.3) is 0 Å². The fourth-order valence-corrected chi connectivity index (χ4v) is 3.02. The predicted molar refractivity (Wildman–Crippen MR) is 68.4 cm³/mol. The molecule has 0 unspecified atom stereocenters. The van der Waals surface area contributed by atoms with Gasteiger partial charge in [0.1, 0.15) is 5.25 Å². The van der Waals surface area contributed by atoms with Gasteiger partial charge in [-0.3, -0.25) is 0 Å². The van der Waals surface area contributed by atoms with Crippen LogP contribution in [0, 0.1) is 6.92 Å². The van der Waals surface area contributed by atoms with Gasteiger partial charge in [0.25, 0.3) is 0 Å². The molecule has 0 heterocycles. The predicted octanol–water partition coefficient (Wildman–Crippen LogP) is 0.790. The molecule has 0 saturated heterocycles. The molecule has 0 aliphatic heterocycles. The lowest BCUT2D eigenvalue weighted by atomic mass is 10.0. The highest BCUT2D eigenvalue weighted by Crippen LogP contribution is 2.21. The molecule has 0 spiro atoms. The Balaban J connectivity index is 3.06. The number of nitrogens with two attached hydrogens (primary N) is 1. The fourth-order valence-electron chi connectivity index (χ4n) is 1.76. The van der Waals surface area contributed by atoms with Gasteiger partial charge in [0.2, 0.25) is 0 Å². The molecule has 0 bridgehead atoms. The zero-order chi connectivity index (χ0) is 13.1. The third kappa shape index (κ3) is 3.28. The fraction of sp³-hybridized carbons (Fsp3) is 0.500. The molecular weight excluding hydrogens is 238 g/mol. The van der Waals surface area contributed by atoms with E-state index in [0.717, 1.165) is 11.1 Å². The van der Waals surface area contributed by atoms with Crippen LogP contribution in [0.4, 0.5) is 0 Å². The molecular formula is C12H19NO3S. The number of benzene rings is 1. The molecule has 0 fully saturated rings. The van der Waals surface area contributed by atoms with Crippen LogP contribution in [0.5, 0.6) is 0 Å². The zero-order valence-electron chi connectivity index (χ0n) is 10.1. The Bertz CT molecular complexity index is 470. The van der Waals surface area contributed by atoms with Crippen molar-refractivity contribution in [3.8, 4) is 0 Å². The average molecular weight is 257 g/mol. The Labute approximate surface area is 102 Å². The molecule has 17 heavy (non-hydrogen) atoms. The van der Waals surface area contributed by atoms with Gasteiger partial charge in [0.05, 0.1) is 6.61 Å². The maximum atomic E-state index is 11.8. The smallest absolute Gasteiger partial charge is 0.157 e. The van der Waals surface area contributed by atoms with Gasteiger partial charge in [-0.1, -0.05) is 36.8 Å². The molecule has 0 radical (unpaired) electrons. The molecule has 1 aromatic carbocycles. The summed E-state index contributed by atoms with van der Waals surface area (Å²) < 4.78 is 23.6. The van der Waals surface area contributed by atoms with Crippen LogP contribution in [-0.2, 0) is 9.84 Å². The Hall–Kier alpha value is -0.910. The van der Waals surface area contributed by atoms with E-state index in [2.05, 4.69) is 0 Å². The van der Waals surface area contributed by atoms with E-state index in [-0.39, 0.29) is 5.75 Å². The van der Waals surface area contributed by atoms with E-state index in [1.807, 2.05) is 25.1 Å². The Kier molecular flexibility index (Phi) is 4.68. The number of aliphatic hydroxyl groups excluding tert-OH is 1. The first kappa shape index (κ1) is 14.2. The largest absolute Gasteiger partial charge is 0.395 e. The standard InChI is InChI=1S/C12H19NO3S/c1-3-17(15,16)11(8-14)12(13)10-6-4-5-9(2)7-10/h4-7,11-12,14H,3,8,13H2,1-2H3/t11-,12-/m1/s1. The van der Waals surface area contributed by atoms with Gasteiger partial charge < -0.3 is 10.8 Å². The number of aryl methyl sites for hydroxylation is 1. The molecule has 96 valence electrons. The summed E-state index contributed by atoms with van der Waals surface area (Å²) in [4.78, 5) is 0. The summed E-state index contributed by atoms with van der Waals surface area (Å²) in [6.07, 6.45) is 0. The van der Waals surface area contributed by atoms with Crippen molar-refractivity contribution in [1.82, 2.24) is 0 Å². The van der Waals surface area contributed by atoms with E-state index < -0.39 is 27.7 Å². The minimum absolute atomic E-state index is 0.0161. The highest BCUT2D eigenvalue weighted by Gasteiger charge is 2.30. The van der Waals surface area contributed by atoms with Crippen molar-refractivity contribution in [1.29, 1.82) is 0 Å². The highest BCUT2D eigenvalue weighted by atomic mass is 32.2. The number of rotatable bonds is 5. The van der Waals surface area contributed by atoms with Gasteiger partial charge in [-0.25, -0.2) is 8.42 Å². The van der Waals surface area contributed by atoms with Crippen molar-refractivity contribution in [2.24, 2.45) is 5.73 Å². The lowest BCUT2D eigenvalue weighted by molar-refractivity contribution is 0.277. The Morgan fingerprint density at radius 1 is 1.41 bits per heavy atom. The van der Waals surface area contributed by atoms with Crippen LogP contribution in [0.15, 0.2) is 24.3 Å². The summed E-state index contributed by atoms with van der Waals surface area (Å²) >= 11 is 0. The number of hydrogen-bond acceptors (Lipinski definition) is 4. The summed E-state index contributed by atoms with van der Waals surface area (Å²) in [5.41, 5.74) is 7.70. The molecule has 3 N–H and O–H groups in total. The van der Waals surface area contributed by atoms with Gasteiger partial charge in [-0.2, -0.15) is 0 Å². The zero-order valence-corrected chi connectivity index (χ0v) is 10.9. The molecule has 0 amide bonds. The summed E-state index contributed by atoms with van der Waals surface area (Å²) in [7, 11) is -3.35. The van der Waals surface area contributed by atoms with E-state index in [9.17, 15) is 13.5 Å². The Morgan fingerprint density at radius 2 is 2.06 bits per heavy atom. The van der Waals surface area contributed by atoms with E-state index in [1.54, 1.807) is 13.0 Å². The van der Waals surface area contributed by atoms with Crippen molar-refractivity contribution < 1.29 is 13.5 Å². The van der Waals surface area contributed by atoms with E-state index >= 15 is 0 Å². The first-order chi connectivity index (χ1) is 7.92. The van der Waals surface area contributed by atoms with E-state index in [0.29, 0.717) is 0 Å². The van der Waals surface area contributed by atoms with Crippen molar-refractivity contribution >= 4 is 9.84 Å². The van der Waals surface area contributed by atoms with Crippen LogP contribution in [-0.4, -0.2) is 31.1 Å². The van der Waals surface area contributed by atoms with Gasteiger partial charge in [-0.05, 0) is 12.5 Å². The summed E-state index contributed by atoms with van der Waals surface area (Å²) in [5.74, 6) is -0.0161. The van der Waals surface area contributed by atoms with Crippen LogP contribution in [0.2, 0.25) is 0 Å². The maximum absolute atomic E-state index is 11.8. The van der Waals surface area contributed by atoms with Crippen molar-refractivity contribution in [2.75, 3.05) is 12.4 Å². The van der Waals surface area contributed by atoms with Crippen molar-refractivity contribution in [2.45, 2.75) is 25.1 Å². The second-order valence-electron chi connectivity index (χ2n) is 4.11. The molecule has 1 rings (SSSR count). The van der Waals surface area contributed by atoms with Gasteiger partial charge in [0.15, 0.2) is 9.84 Å². The van der Waals surface area contributed by atoms with Gasteiger partial charge in [-0.15, -0.1) is 0 Å². The molecule has 0 aromatic heterocycles. The molecule has 0 aliphatic carbocycles. The average Bonchev–Trinajstić information content (AvgIpc) is 2.29. The minimum atomic E-state index is -3.35. The molecule has 2 atom stereocenters. The van der Waals surface area contributed by atoms with Crippen LogP contribution < -0.4 is 5.73 Å². The summed E-state index contributed by atoms with van der Waals surface area (Å²) in [6, 6.07) is 6.69. The quantitative estimate of drug-likeness (QED) is 0.817. The highest BCUT2D eigenvalue weighted by molar-refractivity contribution is 7.92. The number of hydrogen-bond donors (Lipinski definition) is 2. The van der Waals surface area contributed by atoms with Crippen LogP contribution in [0.3, 0.4) is 0 Å². The molecule has 4 nitrogen and oxygen atoms in total. The third-order valence-electron chi connectivity index (χ3n) is 2.87. The first-order valence-electron chi connectivity index (χ1n) is 5.57. The summed E-state index contributed by atoms with van der Waals surface area (Å²) in [6.45, 7) is 3.02. The second-order valence-corrected chi connectivity index (χ2v) is 6.62. The maximum Gasteiger partial charge on any atom is 0.157 e. The van der Waals surface area contributed by atoms with Gasteiger partial charge >= 0.3 is 0 Å². The first-order valence-corrected chi connectivity index (χ1v) is 7.28. The normalized spacial score (nSPS) is 15.5. The molecule has 0 saturated carbocycles. The SMILES string of the molecule is CCS(=O)(=O)[C@H](CO)[C@H](N)c1cccc(C)c1. The van der Waals surface area contributed by atoms with Crippen LogP contribution in [0.1, 0.15) is 24.1 Å². The topological polar surface area (TPSA) is 80.4 Å². The second kappa shape index (κ2) is 5.62. The monoisotopic (exact) mass is 257 g/mol. The van der Waals surface area contributed by atoms with Crippen molar-refractivity contribution in [3.05, 3.63) is 35.4 Å². The molecule has 0 aliphatic rings.